The molecule has 2 rings (SSSR count). The second kappa shape index (κ2) is 8.11. The Morgan fingerprint density at radius 1 is 1.35 bits per heavy atom. The fraction of sp³-hybridized carbons (Fsp3) is 0.556. The van der Waals surface area contributed by atoms with Crippen LogP contribution >= 0.6 is 0 Å². The highest BCUT2D eigenvalue weighted by Gasteiger charge is 2.31. The number of hydrogen-bond acceptors (Lipinski definition) is 3. The summed E-state index contributed by atoms with van der Waals surface area (Å²) in [5, 5.41) is 14.9. The molecule has 3 N–H and O–H groups in total. The zero-order chi connectivity index (χ0) is 16.8. The Labute approximate surface area is 137 Å². The molecule has 0 saturated carbocycles. The number of nitrogens with one attached hydrogen (secondary N) is 2. The van der Waals surface area contributed by atoms with Gasteiger partial charge in [0.1, 0.15) is 0 Å². The number of amides is 2. The summed E-state index contributed by atoms with van der Waals surface area (Å²) in [7, 11) is 0. The van der Waals surface area contributed by atoms with Crippen LogP contribution in [0.4, 0.5) is 5.69 Å². The Kier molecular flexibility index (Phi) is 6.16. The van der Waals surface area contributed by atoms with Crippen molar-refractivity contribution in [3.8, 4) is 0 Å². The predicted molar refractivity (Wildman–Crippen MR) is 90.1 cm³/mol. The summed E-state index contributed by atoms with van der Waals surface area (Å²) in [6, 6.07) is 7.49. The average Bonchev–Trinajstić information content (AvgIpc) is 2.81. The number of aliphatic hydroxyl groups excluding tert-OH is 1. The maximum Gasteiger partial charge on any atom is 0.232 e. The van der Waals surface area contributed by atoms with Crippen molar-refractivity contribution in [2.45, 2.75) is 39.0 Å². The van der Waals surface area contributed by atoms with E-state index in [1.54, 1.807) is 0 Å². The Morgan fingerprint density at radius 3 is 2.78 bits per heavy atom. The van der Waals surface area contributed by atoms with Gasteiger partial charge in [-0.3, -0.25) is 9.59 Å². The molecule has 0 saturated heterocycles. The quantitative estimate of drug-likeness (QED) is 0.688. The van der Waals surface area contributed by atoms with E-state index in [-0.39, 0.29) is 30.8 Å². The summed E-state index contributed by atoms with van der Waals surface area (Å²) in [4.78, 5) is 24.2. The number of carbonyl (C=O) groups excluding carboxylic acids is 2. The summed E-state index contributed by atoms with van der Waals surface area (Å²) in [6.45, 7) is 4.94. The SMILES string of the molecule is CC(C)CC(CCO)CNC(=O)CC1C(=O)Nc2ccccc21. The number of para-hydroxylation sites is 1. The van der Waals surface area contributed by atoms with Crippen LogP contribution in [0.25, 0.3) is 0 Å². The minimum absolute atomic E-state index is 0.115. The monoisotopic (exact) mass is 318 g/mol. The van der Waals surface area contributed by atoms with Crippen LogP contribution in [0.15, 0.2) is 24.3 Å². The first-order chi connectivity index (χ1) is 11.0. The van der Waals surface area contributed by atoms with Gasteiger partial charge < -0.3 is 15.7 Å². The second-order valence-electron chi connectivity index (χ2n) is 6.65. The van der Waals surface area contributed by atoms with Crippen molar-refractivity contribution >= 4 is 17.5 Å². The highest BCUT2D eigenvalue weighted by atomic mass is 16.3. The molecule has 2 amide bonds. The molecule has 1 aliphatic rings. The van der Waals surface area contributed by atoms with Crippen molar-refractivity contribution in [3.63, 3.8) is 0 Å². The maximum absolute atomic E-state index is 12.2. The topological polar surface area (TPSA) is 78.4 Å². The van der Waals surface area contributed by atoms with Crippen LogP contribution < -0.4 is 10.6 Å². The number of benzene rings is 1. The van der Waals surface area contributed by atoms with Crippen LogP contribution in [0.3, 0.4) is 0 Å². The molecule has 0 spiro atoms. The summed E-state index contributed by atoms with van der Waals surface area (Å²) < 4.78 is 0. The van der Waals surface area contributed by atoms with Gasteiger partial charge in [0.25, 0.3) is 0 Å². The van der Waals surface area contributed by atoms with E-state index in [4.69, 9.17) is 5.11 Å². The molecule has 0 fully saturated rings. The fourth-order valence-corrected chi connectivity index (χ4v) is 3.15. The van der Waals surface area contributed by atoms with Crippen molar-refractivity contribution < 1.29 is 14.7 Å². The summed E-state index contributed by atoms with van der Waals surface area (Å²) in [5.74, 6) is 0.154. The molecule has 2 atom stereocenters. The lowest BCUT2D eigenvalue weighted by Gasteiger charge is -2.19. The standard InChI is InChI=1S/C18H26N2O3/c1-12(2)9-13(7-8-21)11-19-17(22)10-15-14-5-3-4-6-16(14)20-18(15)23/h3-6,12-13,15,21H,7-11H2,1-2H3,(H,19,22)(H,20,23). The summed E-state index contributed by atoms with van der Waals surface area (Å²) in [6.07, 6.45) is 1.81. The van der Waals surface area contributed by atoms with Gasteiger partial charge in [0.15, 0.2) is 0 Å². The highest BCUT2D eigenvalue weighted by molar-refractivity contribution is 6.04. The first-order valence-electron chi connectivity index (χ1n) is 8.28. The Morgan fingerprint density at radius 2 is 2.09 bits per heavy atom. The van der Waals surface area contributed by atoms with Gasteiger partial charge in [-0.05, 0) is 36.3 Å². The molecule has 23 heavy (non-hydrogen) atoms. The van der Waals surface area contributed by atoms with E-state index in [9.17, 15) is 9.59 Å². The zero-order valence-electron chi connectivity index (χ0n) is 13.8. The predicted octanol–water partition coefficient (Wildman–Crippen LogP) is 2.27. The lowest BCUT2D eigenvalue weighted by molar-refractivity contribution is -0.125. The van der Waals surface area contributed by atoms with E-state index in [0.717, 1.165) is 17.7 Å². The smallest absolute Gasteiger partial charge is 0.232 e. The second-order valence-corrected chi connectivity index (χ2v) is 6.65. The van der Waals surface area contributed by atoms with E-state index in [1.165, 1.54) is 0 Å². The molecule has 5 nitrogen and oxygen atoms in total. The Bertz CT molecular complexity index is 557. The van der Waals surface area contributed by atoms with Crippen molar-refractivity contribution in [1.82, 2.24) is 5.32 Å². The van der Waals surface area contributed by atoms with Gasteiger partial charge >= 0.3 is 0 Å². The third-order valence-electron chi connectivity index (χ3n) is 4.23. The molecule has 1 aromatic carbocycles. The van der Waals surface area contributed by atoms with Crippen LogP contribution in [-0.2, 0) is 9.59 Å². The van der Waals surface area contributed by atoms with Crippen molar-refractivity contribution in [2.75, 3.05) is 18.5 Å². The molecule has 0 bridgehead atoms. The third-order valence-corrected chi connectivity index (χ3v) is 4.23. The van der Waals surface area contributed by atoms with Crippen molar-refractivity contribution in [1.29, 1.82) is 0 Å². The summed E-state index contributed by atoms with van der Waals surface area (Å²) in [5.41, 5.74) is 1.69. The van der Waals surface area contributed by atoms with E-state index in [0.29, 0.717) is 18.9 Å². The van der Waals surface area contributed by atoms with Gasteiger partial charge in [-0.1, -0.05) is 32.0 Å². The lowest BCUT2D eigenvalue weighted by Crippen LogP contribution is -2.32. The van der Waals surface area contributed by atoms with Gasteiger partial charge in [-0.2, -0.15) is 0 Å². The molecular weight excluding hydrogens is 292 g/mol. The molecule has 0 aliphatic carbocycles. The molecule has 126 valence electrons. The van der Waals surface area contributed by atoms with Crippen LogP contribution in [-0.4, -0.2) is 30.1 Å². The third kappa shape index (κ3) is 4.79. The molecule has 0 radical (unpaired) electrons. The minimum Gasteiger partial charge on any atom is -0.396 e. The van der Waals surface area contributed by atoms with E-state index >= 15 is 0 Å². The highest BCUT2D eigenvalue weighted by Crippen LogP contribution is 2.34. The molecule has 1 aromatic rings. The molecular formula is C18H26N2O3. The number of fused-ring (bicyclic) bond motifs is 1. The largest absolute Gasteiger partial charge is 0.396 e. The molecule has 1 heterocycles. The van der Waals surface area contributed by atoms with Crippen molar-refractivity contribution in [2.24, 2.45) is 11.8 Å². The van der Waals surface area contributed by atoms with Gasteiger partial charge in [0, 0.05) is 25.3 Å². The number of anilines is 1. The van der Waals surface area contributed by atoms with Crippen LogP contribution in [0.2, 0.25) is 0 Å². The lowest BCUT2D eigenvalue weighted by atomic mass is 9.93. The van der Waals surface area contributed by atoms with Crippen LogP contribution in [0.5, 0.6) is 0 Å². The number of hydrogen-bond donors (Lipinski definition) is 3. The van der Waals surface area contributed by atoms with E-state index in [1.807, 2.05) is 24.3 Å². The van der Waals surface area contributed by atoms with Crippen LogP contribution in [0, 0.1) is 11.8 Å². The average molecular weight is 318 g/mol. The normalized spacial score (nSPS) is 17.7. The van der Waals surface area contributed by atoms with E-state index < -0.39 is 5.92 Å². The molecule has 5 heteroatoms. The first-order valence-corrected chi connectivity index (χ1v) is 8.28. The zero-order valence-corrected chi connectivity index (χ0v) is 13.8. The fourth-order valence-electron chi connectivity index (χ4n) is 3.15. The van der Waals surface area contributed by atoms with Crippen molar-refractivity contribution in [3.05, 3.63) is 29.8 Å². The number of rotatable bonds is 8. The molecule has 0 aromatic heterocycles. The Hall–Kier alpha value is -1.88. The van der Waals surface area contributed by atoms with Gasteiger partial charge in [-0.25, -0.2) is 0 Å². The maximum atomic E-state index is 12.2. The first kappa shape index (κ1) is 17.5. The number of aliphatic hydroxyl groups is 1. The van der Waals surface area contributed by atoms with Gasteiger partial charge in [0.2, 0.25) is 11.8 Å². The minimum atomic E-state index is -0.410. The summed E-state index contributed by atoms with van der Waals surface area (Å²) >= 11 is 0. The van der Waals surface area contributed by atoms with Gasteiger partial charge in [-0.15, -0.1) is 0 Å². The number of carbonyl (C=O) groups is 2. The van der Waals surface area contributed by atoms with Crippen LogP contribution in [0.1, 0.15) is 44.6 Å². The Balaban J connectivity index is 1.88. The van der Waals surface area contributed by atoms with E-state index in [2.05, 4.69) is 24.5 Å². The van der Waals surface area contributed by atoms with Gasteiger partial charge in [0.05, 0.1) is 5.92 Å². The molecule has 1 aliphatic heterocycles. The molecule has 2 unspecified atom stereocenters.